The van der Waals surface area contributed by atoms with Gasteiger partial charge in [0.05, 0.1) is 0 Å². The van der Waals surface area contributed by atoms with Crippen molar-refractivity contribution in [2.75, 3.05) is 27.2 Å². The van der Waals surface area contributed by atoms with Gasteiger partial charge in [-0.05, 0) is 26.1 Å². The van der Waals surface area contributed by atoms with E-state index in [1.54, 1.807) is 0 Å². The highest BCUT2D eigenvalue weighted by atomic mass is 16.4. The molecule has 0 heterocycles. The molecule has 0 aliphatic carbocycles. The minimum atomic E-state index is -0.662. The number of hydrogen-bond acceptors (Lipinski definition) is 4. The average Bonchev–Trinajstić information content (AvgIpc) is 2.44. The molecule has 0 spiro atoms. The molecule has 1 rings (SSSR count). The number of amidine groups is 1. The molecule has 1 unspecified atom stereocenters. The SMILES string of the molecule is CN(C)CCNC(=O)C(Cc1ccccc1)C(N)=NO. The van der Waals surface area contributed by atoms with Gasteiger partial charge >= 0.3 is 0 Å². The van der Waals surface area contributed by atoms with Crippen LogP contribution in [0, 0.1) is 5.92 Å². The first-order valence-electron chi connectivity index (χ1n) is 6.48. The van der Waals surface area contributed by atoms with Gasteiger partial charge in [-0.2, -0.15) is 0 Å². The molecule has 0 aliphatic rings. The van der Waals surface area contributed by atoms with Crippen LogP contribution in [0.5, 0.6) is 0 Å². The van der Waals surface area contributed by atoms with Crippen LogP contribution < -0.4 is 11.1 Å². The summed E-state index contributed by atoms with van der Waals surface area (Å²) in [6, 6.07) is 9.50. The highest BCUT2D eigenvalue weighted by molar-refractivity contribution is 6.02. The van der Waals surface area contributed by atoms with Crippen LogP contribution in [0.4, 0.5) is 0 Å². The normalized spacial score (nSPS) is 13.2. The van der Waals surface area contributed by atoms with Crippen molar-refractivity contribution in [3.63, 3.8) is 0 Å². The summed E-state index contributed by atoms with van der Waals surface area (Å²) in [5.74, 6) is -0.966. The van der Waals surface area contributed by atoms with E-state index in [1.165, 1.54) is 0 Å². The maximum absolute atomic E-state index is 12.1. The summed E-state index contributed by atoms with van der Waals surface area (Å²) in [6.07, 6.45) is 0.407. The number of carbonyl (C=O) groups excluding carboxylic acids is 1. The molecule has 0 saturated carbocycles. The molecule has 0 saturated heterocycles. The van der Waals surface area contributed by atoms with Crippen LogP contribution >= 0.6 is 0 Å². The van der Waals surface area contributed by atoms with Gasteiger partial charge in [0.15, 0.2) is 5.84 Å². The minimum absolute atomic E-state index is 0.0730. The van der Waals surface area contributed by atoms with Gasteiger partial charge in [-0.15, -0.1) is 0 Å². The summed E-state index contributed by atoms with van der Waals surface area (Å²) in [7, 11) is 3.86. The van der Waals surface area contributed by atoms with E-state index in [0.29, 0.717) is 13.0 Å². The van der Waals surface area contributed by atoms with Gasteiger partial charge < -0.3 is 21.2 Å². The van der Waals surface area contributed by atoms with Gasteiger partial charge in [-0.25, -0.2) is 0 Å². The monoisotopic (exact) mass is 278 g/mol. The van der Waals surface area contributed by atoms with E-state index in [0.717, 1.165) is 12.1 Å². The summed E-state index contributed by atoms with van der Waals surface area (Å²) >= 11 is 0. The molecule has 0 bridgehead atoms. The number of rotatable bonds is 7. The molecular formula is C14H22N4O2. The lowest BCUT2D eigenvalue weighted by molar-refractivity contribution is -0.123. The first kappa shape index (κ1) is 16.0. The number of nitrogens with one attached hydrogen (secondary N) is 1. The lowest BCUT2D eigenvalue weighted by atomic mass is 9.97. The number of nitrogens with zero attached hydrogens (tertiary/aromatic N) is 2. The standard InChI is InChI=1S/C14H22N4O2/c1-18(2)9-8-16-14(19)12(13(15)17-20)10-11-6-4-3-5-7-11/h3-7,12,20H,8-10H2,1-2H3,(H2,15,17)(H,16,19). The molecule has 1 amide bonds. The highest BCUT2D eigenvalue weighted by Crippen LogP contribution is 2.09. The van der Waals surface area contributed by atoms with Gasteiger partial charge in [-0.1, -0.05) is 35.5 Å². The van der Waals surface area contributed by atoms with Crippen molar-refractivity contribution in [1.29, 1.82) is 0 Å². The quantitative estimate of drug-likeness (QED) is 0.289. The summed E-state index contributed by atoms with van der Waals surface area (Å²) < 4.78 is 0. The van der Waals surface area contributed by atoms with Crippen LogP contribution in [-0.4, -0.2) is 49.0 Å². The number of benzene rings is 1. The van der Waals surface area contributed by atoms with E-state index >= 15 is 0 Å². The second-order valence-corrected chi connectivity index (χ2v) is 4.86. The minimum Gasteiger partial charge on any atom is -0.409 e. The highest BCUT2D eigenvalue weighted by Gasteiger charge is 2.23. The summed E-state index contributed by atoms with van der Waals surface area (Å²) in [5.41, 5.74) is 6.59. The Morgan fingerprint density at radius 2 is 2.05 bits per heavy atom. The van der Waals surface area contributed by atoms with E-state index < -0.39 is 5.92 Å². The predicted octanol–water partition coefficient (Wildman–Crippen LogP) is 0.270. The Hall–Kier alpha value is -2.08. The van der Waals surface area contributed by atoms with Crippen molar-refractivity contribution < 1.29 is 10.0 Å². The van der Waals surface area contributed by atoms with E-state index in [9.17, 15) is 4.79 Å². The molecule has 1 aromatic rings. The fourth-order valence-electron chi connectivity index (χ4n) is 1.78. The molecule has 1 aromatic carbocycles. The van der Waals surface area contributed by atoms with Crippen LogP contribution in [-0.2, 0) is 11.2 Å². The average molecular weight is 278 g/mol. The van der Waals surface area contributed by atoms with Crippen LogP contribution in [0.3, 0.4) is 0 Å². The smallest absolute Gasteiger partial charge is 0.231 e. The van der Waals surface area contributed by atoms with Gasteiger partial charge in [-0.3, -0.25) is 4.79 Å². The van der Waals surface area contributed by atoms with Gasteiger partial charge in [0.25, 0.3) is 0 Å². The van der Waals surface area contributed by atoms with Crippen LogP contribution in [0.15, 0.2) is 35.5 Å². The number of hydrogen-bond donors (Lipinski definition) is 3. The lowest BCUT2D eigenvalue weighted by Gasteiger charge is -2.17. The van der Waals surface area contributed by atoms with Crippen molar-refractivity contribution >= 4 is 11.7 Å². The Bertz CT molecular complexity index is 446. The zero-order valence-electron chi connectivity index (χ0n) is 11.9. The zero-order valence-corrected chi connectivity index (χ0v) is 11.9. The Morgan fingerprint density at radius 1 is 1.40 bits per heavy atom. The van der Waals surface area contributed by atoms with Crippen LogP contribution in [0.1, 0.15) is 5.56 Å². The number of amides is 1. The second kappa shape index (κ2) is 8.16. The molecule has 0 aromatic heterocycles. The van der Waals surface area contributed by atoms with Crippen molar-refractivity contribution in [1.82, 2.24) is 10.2 Å². The maximum atomic E-state index is 12.1. The van der Waals surface area contributed by atoms with Crippen molar-refractivity contribution in [2.45, 2.75) is 6.42 Å². The summed E-state index contributed by atoms with van der Waals surface area (Å²) in [4.78, 5) is 14.1. The third kappa shape index (κ3) is 5.27. The number of oxime groups is 1. The molecule has 1 atom stereocenters. The first-order valence-corrected chi connectivity index (χ1v) is 6.48. The molecular weight excluding hydrogens is 256 g/mol. The summed E-state index contributed by atoms with van der Waals surface area (Å²) in [5, 5.41) is 14.6. The number of carbonyl (C=O) groups is 1. The van der Waals surface area contributed by atoms with E-state index in [-0.39, 0.29) is 11.7 Å². The summed E-state index contributed by atoms with van der Waals surface area (Å²) in [6.45, 7) is 1.26. The zero-order chi connectivity index (χ0) is 15.0. The Morgan fingerprint density at radius 3 is 2.60 bits per heavy atom. The Kier molecular flexibility index (Phi) is 6.52. The van der Waals surface area contributed by atoms with E-state index in [1.807, 2.05) is 49.3 Å². The fraction of sp³-hybridized carbons (Fsp3) is 0.429. The number of likely N-dealkylation sites (N-methyl/N-ethyl adjacent to an activating group) is 1. The Labute approximate surface area is 119 Å². The van der Waals surface area contributed by atoms with Gasteiger partial charge in [0.1, 0.15) is 5.92 Å². The van der Waals surface area contributed by atoms with Crippen molar-refractivity contribution in [2.24, 2.45) is 16.8 Å². The largest absolute Gasteiger partial charge is 0.409 e. The van der Waals surface area contributed by atoms with Crippen LogP contribution in [0.25, 0.3) is 0 Å². The third-order valence-corrected chi connectivity index (χ3v) is 2.93. The molecule has 4 N–H and O–H groups in total. The molecule has 110 valence electrons. The number of nitrogens with two attached hydrogens (primary N) is 1. The predicted molar refractivity (Wildman–Crippen MR) is 78.6 cm³/mol. The van der Waals surface area contributed by atoms with Gasteiger partial charge in [0.2, 0.25) is 5.91 Å². The lowest BCUT2D eigenvalue weighted by Crippen LogP contribution is -2.42. The molecule has 0 aliphatic heterocycles. The van der Waals surface area contributed by atoms with Crippen LogP contribution in [0.2, 0.25) is 0 Å². The maximum Gasteiger partial charge on any atom is 0.231 e. The molecule has 6 nitrogen and oxygen atoms in total. The van der Waals surface area contributed by atoms with Crippen molar-refractivity contribution in [3.8, 4) is 0 Å². The molecule has 0 fully saturated rings. The first-order chi connectivity index (χ1) is 9.54. The molecule has 6 heteroatoms. The molecule has 20 heavy (non-hydrogen) atoms. The third-order valence-electron chi connectivity index (χ3n) is 2.93. The van der Waals surface area contributed by atoms with Gasteiger partial charge in [0, 0.05) is 13.1 Å². The second-order valence-electron chi connectivity index (χ2n) is 4.86. The van der Waals surface area contributed by atoms with E-state index in [2.05, 4.69) is 10.5 Å². The Balaban J connectivity index is 2.67. The van der Waals surface area contributed by atoms with Crippen molar-refractivity contribution in [3.05, 3.63) is 35.9 Å². The molecule has 0 radical (unpaired) electrons. The fourth-order valence-corrected chi connectivity index (χ4v) is 1.78. The topological polar surface area (TPSA) is 91.0 Å². The van der Waals surface area contributed by atoms with E-state index in [4.69, 9.17) is 10.9 Å².